The number of para-hydroxylation sites is 1. The highest BCUT2D eigenvalue weighted by Crippen LogP contribution is 2.31. The van der Waals surface area contributed by atoms with E-state index >= 15 is 0 Å². The van der Waals surface area contributed by atoms with E-state index in [1.807, 2.05) is 57.7 Å². The lowest BCUT2D eigenvalue weighted by molar-refractivity contribution is -0.133. The third-order valence-electron chi connectivity index (χ3n) is 5.67. The molecule has 1 aliphatic rings. The van der Waals surface area contributed by atoms with Gasteiger partial charge in [0.25, 0.3) is 0 Å². The molecule has 0 bridgehead atoms. The van der Waals surface area contributed by atoms with Crippen LogP contribution in [-0.2, 0) is 16.0 Å². The second kappa shape index (κ2) is 11.4. The van der Waals surface area contributed by atoms with E-state index in [2.05, 4.69) is 0 Å². The fourth-order valence-electron chi connectivity index (χ4n) is 4.09. The van der Waals surface area contributed by atoms with E-state index in [0.717, 1.165) is 24.9 Å². The molecule has 1 atom stereocenters. The van der Waals surface area contributed by atoms with E-state index < -0.39 is 5.60 Å². The average Bonchev–Trinajstić information content (AvgIpc) is 2.74. The number of nitrogens with zero attached hydrogens (tertiary/aromatic N) is 2. The van der Waals surface area contributed by atoms with Crippen LogP contribution >= 0.6 is 0 Å². The van der Waals surface area contributed by atoms with Gasteiger partial charge in [-0.15, -0.1) is 0 Å². The van der Waals surface area contributed by atoms with E-state index in [1.54, 1.807) is 19.1 Å². The minimum Gasteiger partial charge on any atom is -0.493 e. The van der Waals surface area contributed by atoms with Gasteiger partial charge in [-0.3, -0.25) is 4.79 Å². The highest BCUT2D eigenvalue weighted by atomic mass is 16.6. The zero-order chi connectivity index (χ0) is 23.9. The first-order chi connectivity index (χ1) is 15.1. The highest BCUT2D eigenvalue weighted by molar-refractivity contribution is 5.76. The first-order valence-corrected chi connectivity index (χ1v) is 11.5. The summed E-state index contributed by atoms with van der Waals surface area (Å²) in [6.45, 7) is 11.7. The van der Waals surface area contributed by atoms with Crippen LogP contribution in [0.5, 0.6) is 11.5 Å². The molecule has 0 N–H and O–H groups in total. The van der Waals surface area contributed by atoms with Crippen molar-refractivity contribution in [2.75, 3.05) is 33.9 Å². The van der Waals surface area contributed by atoms with Crippen LogP contribution in [0.15, 0.2) is 18.2 Å². The number of hydrogen-bond donors (Lipinski definition) is 0. The quantitative estimate of drug-likeness (QED) is 0.585. The summed E-state index contributed by atoms with van der Waals surface area (Å²) >= 11 is 0. The molecule has 0 aliphatic carbocycles. The van der Waals surface area contributed by atoms with Crippen molar-refractivity contribution in [2.24, 2.45) is 5.92 Å². The molecule has 0 aromatic heterocycles. The summed E-state index contributed by atoms with van der Waals surface area (Å²) in [5.41, 5.74) is 0.435. The average molecular weight is 449 g/mol. The number of hydrogen-bond acceptors (Lipinski definition) is 5. The van der Waals surface area contributed by atoms with Gasteiger partial charge >= 0.3 is 6.09 Å². The van der Waals surface area contributed by atoms with Gasteiger partial charge in [0.1, 0.15) is 5.60 Å². The summed E-state index contributed by atoms with van der Waals surface area (Å²) < 4.78 is 16.4. The molecular formula is C25H40N2O5. The van der Waals surface area contributed by atoms with E-state index in [-0.39, 0.29) is 24.0 Å². The maximum atomic E-state index is 13.0. The van der Waals surface area contributed by atoms with E-state index in [9.17, 15) is 9.59 Å². The SMILES string of the molecule is COc1cccc(CCC(=O)N2CCCC(CN(C(=O)OC(C)(C)C)C(C)C)C2)c1OC. The first-order valence-electron chi connectivity index (χ1n) is 11.5. The van der Waals surface area contributed by atoms with Gasteiger partial charge in [-0.25, -0.2) is 4.79 Å². The fourth-order valence-corrected chi connectivity index (χ4v) is 4.09. The number of rotatable bonds is 8. The van der Waals surface area contributed by atoms with Gasteiger partial charge in [0.15, 0.2) is 11.5 Å². The highest BCUT2D eigenvalue weighted by Gasteiger charge is 2.30. The number of aryl methyl sites for hydroxylation is 1. The molecule has 1 unspecified atom stereocenters. The Hall–Kier alpha value is -2.44. The molecule has 7 heteroatoms. The van der Waals surface area contributed by atoms with Crippen molar-refractivity contribution in [3.8, 4) is 11.5 Å². The van der Waals surface area contributed by atoms with Gasteiger partial charge in [-0.2, -0.15) is 0 Å². The van der Waals surface area contributed by atoms with Crippen molar-refractivity contribution in [3.63, 3.8) is 0 Å². The van der Waals surface area contributed by atoms with Crippen molar-refractivity contribution in [1.29, 1.82) is 0 Å². The second-order valence-corrected chi connectivity index (χ2v) is 9.73. The maximum Gasteiger partial charge on any atom is 0.410 e. The zero-order valence-electron chi connectivity index (χ0n) is 20.8. The lowest BCUT2D eigenvalue weighted by atomic mass is 9.96. The number of carbonyl (C=O) groups is 2. The number of benzene rings is 1. The van der Waals surface area contributed by atoms with Crippen LogP contribution in [-0.4, -0.2) is 67.3 Å². The van der Waals surface area contributed by atoms with Crippen LogP contribution in [0.25, 0.3) is 0 Å². The third kappa shape index (κ3) is 7.31. The van der Waals surface area contributed by atoms with Crippen LogP contribution in [0.4, 0.5) is 4.79 Å². The van der Waals surface area contributed by atoms with E-state index in [1.165, 1.54) is 0 Å². The largest absolute Gasteiger partial charge is 0.493 e. The molecular weight excluding hydrogens is 408 g/mol. The number of carbonyl (C=O) groups excluding carboxylic acids is 2. The van der Waals surface area contributed by atoms with Crippen molar-refractivity contribution in [3.05, 3.63) is 23.8 Å². The van der Waals surface area contributed by atoms with Gasteiger partial charge in [0.05, 0.1) is 14.2 Å². The van der Waals surface area contributed by atoms with Crippen molar-refractivity contribution in [2.45, 2.75) is 71.9 Å². The molecule has 0 radical (unpaired) electrons. The van der Waals surface area contributed by atoms with Crippen molar-refractivity contribution in [1.82, 2.24) is 9.80 Å². The number of piperidine rings is 1. The Morgan fingerprint density at radius 3 is 2.50 bits per heavy atom. The number of ether oxygens (including phenoxy) is 3. The van der Waals surface area contributed by atoms with E-state index in [0.29, 0.717) is 37.4 Å². The topological polar surface area (TPSA) is 68.3 Å². The van der Waals surface area contributed by atoms with Crippen LogP contribution in [0.2, 0.25) is 0 Å². The molecule has 32 heavy (non-hydrogen) atoms. The smallest absolute Gasteiger partial charge is 0.410 e. The Labute approximate surface area is 193 Å². The maximum absolute atomic E-state index is 13.0. The molecule has 1 fully saturated rings. The van der Waals surface area contributed by atoms with Gasteiger partial charge in [0.2, 0.25) is 5.91 Å². The van der Waals surface area contributed by atoms with Crippen LogP contribution < -0.4 is 9.47 Å². The Morgan fingerprint density at radius 2 is 1.91 bits per heavy atom. The van der Waals surface area contributed by atoms with E-state index in [4.69, 9.17) is 14.2 Å². The molecule has 1 aromatic rings. The minimum atomic E-state index is -0.528. The van der Waals surface area contributed by atoms with Crippen LogP contribution in [0.1, 0.15) is 59.4 Å². The molecule has 1 heterocycles. The van der Waals surface area contributed by atoms with Gasteiger partial charge in [0, 0.05) is 32.1 Å². The Balaban J connectivity index is 1.97. The molecule has 0 saturated carbocycles. The summed E-state index contributed by atoms with van der Waals surface area (Å²) in [6.07, 6.45) is 2.66. The normalized spacial score (nSPS) is 16.6. The standard InChI is InChI=1S/C25H40N2O5/c1-18(2)27(24(29)32-25(3,4)5)17-19-10-9-15-26(16-19)22(28)14-13-20-11-8-12-21(30-6)23(20)31-7/h8,11-12,18-19H,9-10,13-17H2,1-7H3. The fraction of sp³-hybridized carbons (Fsp3) is 0.680. The third-order valence-corrected chi connectivity index (χ3v) is 5.67. The van der Waals surface area contributed by atoms with Gasteiger partial charge < -0.3 is 24.0 Å². The number of methoxy groups -OCH3 is 2. The summed E-state index contributed by atoms with van der Waals surface area (Å²) in [4.78, 5) is 29.3. The second-order valence-electron chi connectivity index (χ2n) is 9.73. The summed E-state index contributed by atoms with van der Waals surface area (Å²) in [5.74, 6) is 1.73. The summed E-state index contributed by atoms with van der Waals surface area (Å²) in [5, 5.41) is 0. The summed E-state index contributed by atoms with van der Waals surface area (Å²) in [7, 11) is 3.22. The molecule has 0 spiro atoms. The Bertz CT molecular complexity index is 772. The molecule has 1 aliphatic heterocycles. The minimum absolute atomic E-state index is 0.0384. The Morgan fingerprint density at radius 1 is 1.19 bits per heavy atom. The van der Waals surface area contributed by atoms with Crippen LogP contribution in [0.3, 0.4) is 0 Å². The lowest BCUT2D eigenvalue weighted by Crippen LogP contribution is -2.48. The Kier molecular flexibility index (Phi) is 9.22. The predicted molar refractivity (Wildman–Crippen MR) is 125 cm³/mol. The molecule has 2 rings (SSSR count). The van der Waals surface area contributed by atoms with Gasteiger partial charge in [-0.1, -0.05) is 12.1 Å². The summed E-state index contributed by atoms with van der Waals surface area (Å²) in [6, 6.07) is 5.77. The predicted octanol–water partition coefficient (Wildman–Crippen LogP) is 4.52. The van der Waals surface area contributed by atoms with Crippen molar-refractivity contribution >= 4 is 12.0 Å². The van der Waals surface area contributed by atoms with Crippen molar-refractivity contribution < 1.29 is 23.8 Å². The molecule has 1 aromatic carbocycles. The monoisotopic (exact) mass is 448 g/mol. The zero-order valence-corrected chi connectivity index (χ0v) is 20.8. The lowest BCUT2D eigenvalue weighted by Gasteiger charge is -2.37. The molecule has 1 saturated heterocycles. The first kappa shape index (κ1) is 25.8. The van der Waals surface area contributed by atoms with Gasteiger partial charge in [-0.05, 0) is 71.4 Å². The number of amides is 2. The molecule has 180 valence electrons. The number of likely N-dealkylation sites (tertiary alicyclic amines) is 1. The van der Waals surface area contributed by atoms with Crippen LogP contribution in [0, 0.1) is 5.92 Å². The molecule has 7 nitrogen and oxygen atoms in total. The molecule has 2 amide bonds.